The molecule has 3 rings (SSSR count). The minimum Gasteiger partial charge on any atom is -0.477 e. The first kappa shape index (κ1) is 14.1. The summed E-state index contributed by atoms with van der Waals surface area (Å²) in [6.45, 7) is 4.83. The van der Waals surface area contributed by atoms with Gasteiger partial charge in [-0.25, -0.2) is 9.78 Å². The summed E-state index contributed by atoms with van der Waals surface area (Å²) in [5.41, 5.74) is 1.10. The lowest BCUT2D eigenvalue weighted by molar-refractivity contribution is 0.0690. The fraction of sp³-hybridized carbons (Fsp3) is 0.600. The molecule has 6 heteroatoms. The Hall–Kier alpha value is -1.82. The first-order chi connectivity index (χ1) is 10.2. The van der Waals surface area contributed by atoms with Gasteiger partial charge in [-0.15, -0.1) is 0 Å². The molecule has 1 aromatic heterocycles. The first-order valence-electron chi connectivity index (χ1n) is 7.57. The summed E-state index contributed by atoms with van der Waals surface area (Å²) in [6.07, 6.45) is 3.58. The molecule has 0 aliphatic carbocycles. The Morgan fingerprint density at radius 2 is 1.76 bits per heavy atom. The molecule has 0 radical (unpaired) electrons. The van der Waals surface area contributed by atoms with Crippen molar-refractivity contribution in [3.05, 3.63) is 17.8 Å². The molecule has 0 aromatic carbocycles. The third-order valence-corrected chi connectivity index (χ3v) is 4.07. The van der Waals surface area contributed by atoms with Crippen molar-refractivity contribution in [1.29, 1.82) is 0 Å². The van der Waals surface area contributed by atoms with Crippen molar-refractivity contribution in [2.45, 2.75) is 19.3 Å². The minimum absolute atomic E-state index is 0.125. The van der Waals surface area contributed by atoms with Crippen LogP contribution < -0.4 is 9.80 Å². The van der Waals surface area contributed by atoms with Crippen LogP contribution in [0.3, 0.4) is 0 Å². The topological polar surface area (TPSA) is 65.9 Å². The Labute approximate surface area is 124 Å². The van der Waals surface area contributed by atoms with Gasteiger partial charge in [-0.05, 0) is 25.3 Å². The van der Waals surface area contributed by atoms with E-state index < -0.39 is 5.97 Å². The van der Waals surface area contributed by atoms with Crippen molar-refractivity contribution in [2.75, 3.05) is 49.2 Å². The maximum absolute atomic E-state index is 11.3. The molecule has 2 aliphatic rings. The molecule has 3 heterocycles. The van der Waals surface area contributed by atoms with Gasteiger partial charge < -0.3 is 19.6 Å². The number of aromatic nitrogens is 1. The molecular formula is C15H21N3O3. The van der Waals surface area contributed by atoms with Crippen LogP contribution in [0.15, 0.2) is 12.1 Å². The molecule has 0 spiro atoms. The Morgan fingerprint density at radius 1 is 1.05 bits per heavy atom. The van der Waals surface area contributed by atoms with Crippen LogP contribution in [-0.2, 0) is 4.74 Å². The number of pyridine rings is 1. The quantitative estimate of drug-likeness (QED) is 0.912. The lowest BCUT2D eigenvalue weighted by Gasteiger charge is -2.32. The summed E-state index contributed by atoms with van der Waals surface area (Å²) in [6, 6.07) is 3.71. The Balaban J connectivity index is 1.91. The van der Waals surface area contributed by atoms with Crippen LogP contribution in [0.5, 0.6) is 0 Å². The summed E-state index contributed by atoms with van der Waals surface area (Å²) in [7, 11) is 0. The maximum atomic E-state index is 11.3. The molecule has 2 saturated heterocycles. The van der Waals surface area contributed by atoms with Gasteiger partial charge in [-0.2, -0.15) is 0 Å². The van der Waals surface area contributed by atoms with E-state index in [9.17, 15) is 9.90 Å². The molecular weight excluding hydrogens is 270 g/mol. The van der Waals surface area contributed by atoms with Gasteiger partial charge in [-0.3, -0.25) is 0 Å². The average molecular weight is 291 g/mol. The molecule has 0 atom stereocenters. The summed E-state index contributed by atoms with van der Waals surface area (Å²) in [5, 5.41) is 9.31. The minimum atomic E-state index is -0.969. The molecule has 2 aliphatic heterocycles. The molecule has 0 amide bonds. The normalized spacial score (nSPS) is 19.6. The number of aromatic carboxylic acids is 1. The summed E-state index contributed by atoms with van der Waals surface area (Å²) < 4.78 is 5.35. The van der Waals surface area contributed by atoms with E-state index in [0.29, 0.717) is 13.2 Å². The van der Waals surface area contributed by atoms with Crippen LogP contribution in [0.1, 0.15) is 29.8 Å². The fourth-order valence-corrected chi connectivity index (χ4v) is 2.90. The summed E-state index contributed by atoms with van der Waals surface area (Å²) in [5.74, 6) is -0.220. The van der Waals surface area contributed by atoms with E-state index in [1.54, 1.807) is 6.07 Å². The molecule has 0 unspecified atom stereocenters. The van der Waals surface area contributed by atoms with Gasteiger partial charge in [0.2, 0.25) is 0 Å². The highest BCUT2D eigenvalue weighted by Gasteiger charge is 2.19. The SMILES string of the molecule is O=C(O)c1cc(N2CCCCC2)cc(N2CCOCC2)n1. The number of carboxylic acid groups (broad SMARTS) is 1. The van der Waals surface area contributed by atoms with Crippen molar-refractivity contribution in [3.63, 3.8) is 0 Å². The molecule has 114 valence electrons. The standard InChI is InChI=1S/C15H21N3O3/c19-15(20)13-10-12(17-4-2-1-3-5-17)11-14(16-13)18-6-8-21-9-7-18/h10-11H,1-9H2,(H,19,20). The van der Waals surface area contributed by atoms with Gasteiger partial charge in [-0.1, -0.05) is 0 Å². The van der Waals surface area contributed by atoms with Gasteiger partial charge in [0.25, 0.3) is 0 Å². The zero-order valence-electron chi connectivity index (χ0n) is 12.1. The number of carboxylic acids is 1. The summed E-state index contributed by atoms with van der Waals surface area (Å²) in [4.78, 5) is 20.0. The second-order valence-corrected chi connectivity index (χ2v) is 5.52. The van der Waals surface area contributed by atoms with Gasteiger partial charge in [0, 0.05) is 37.9 Å². The van der Waals surface area contributed by atoms with Crippen LogP contribution >= 0.6 is 0 Å². The monoisotopic (exact) mass is 291 g/mol. The van der Waals surface area contributed by atoms with Crippen molar-refractivity contribution in [1.82, 2.24) is 4.98 Å². The predicted molar refractivity (Wildman–Crippen MR) is 80.3 cm³/mol. The van der Waals surface area contributed by atoms with Gasteiger partial charge in [0.15, 0.2) is 5.69 Å². The fourth-order valence-electron chi connectivity index (χ4n) is 2.90. The maximum Gasteiger partial charge on any atom is 0.354 e. The van der Waals surface area contributed by atoms with Crippen molar-refractivity contribution < 1.29 is 14.6 Å². The van der Waals surface area contributed by atoms with Crippen LogP contribution in [0, 0.1) is 0 Å². The van der Waals surface area contributed by atoms with Crippen molar-refractivity contribution >= 4 is 17.5 Å². The van der Waals surface area contributed by atoms with Crippen LogP contribution in [0.25, 0.3) is 0 Å². The van der Waals surface area contributed by atoms with E-state index in [0.717, 1.165) is 50.5 Å². The van der Waals surface area contributed by atoms with E-state index >= 15 is 0 Å². The molecule has 1 N–H and O–H groups in total. The number of piperidine rings is 1. The number of rotatable bonds is 3. The molecule has 1 aromatic rings. The molecule has 6 nitrogen and oxygen atoms in total. The lowest BCUT2D eigenvalue weighted by atomic mass is 10.1. The largest absolute Gasteiger partial charge is 0.477 e. The predicted octanol–water partition coefficient (Wildman–Crippen LogP) is 1.61. The van der Waals surface area contributed by atoms with Crippen LogP contribution in [0.4, 0.5) is 11.5 Å². The van der Waals surface area contributed by atoms with E-state index in [1.807, 2.05) is 6.07 Å². The third kappa shape index (κ3) is 3.26. The second-order valence-electron chi connectivity index (χ2n) is 5.52. The number of ether oxygens (including phenoxy) is 1. The second kappa shape index (κ2) is 6.30. The zero-order valence-corrected chi connectivity index (χ0v) is 12.1. The van der Waals surface area contributed by atoms with Gasteiger partial charge in [0.1, 0.15) is 5.82 Å². The first-order valence-corrected chi connectivity index (χ1v) is 7.57. The average Bonchev–Trinajstić information content (AvgIpc) is 2.56. The molecule has 21 heavy (non-hydrogen) atoms. The highest BCUT2D eigenvalue weighted by molar-refractivity contribution is 5.87. The van der Waals surface area contributed by atoms with Gasteiger partial charge >= 0.3 is 5.97 Å². The van der Waals surface area contributed by atoms with E-state index in [-0.39, 0.29) is 5.69 Å². The Bertz CT molecular complexity index is 473. The highest BCUT2D eigenvalue weighted by Crippen LogP contribution is 2.25. The lowest BCUT2D eigenvalue weighted by Crippen LogP contribution is -2.37. The van der Waals surface area contributed by atoms with Crippen molar-refractivity contribution in [3.8, 4) is 0 Å². The molecule has 0 saturated carbocycles. The number of anilines is 2. The van der Waals surface area contributed by atoms with Crippen molar-refractivity contribution in [2.24, 2.45) is 0 Å². The number of hydrogen-bond donors (Lipinski definition) is 1. The molecule has 0 bridgehead atoms. The highest BCUT2D eigenvalue weighted by atomic mass is 16.5. The number of nitrogens with zero attached hydrogens (tertiary/aromatic N) is 3. The van der Waals surface area contributed by atoms with E-state index in [2.05, 4.69) is 14.8 Å². The smallest absolute Gasteiger partial charge is 0.354 e. The van der Waals surface area contributed by atoms with E-state index in [1.165, 1.54) is 6.42 Å². The Kier molecular flexibility index (Phi) is 4.24. The zero-order chi connectivity index (χ0) is 14.7. The molecule has 2 fully saturated rings. The Morgan fingerprint density at radius 3 is 2.43 bits per heavy atom. The van der Waals surface area contributed by atoms with E-state index in [4.69, 9.17) is 4.74 Å². The number of carbonyl (C=O) groups is 1. The third-order valence-electron chi connectivity index (χ3n) is 4.07. The number of hydrogen-bond acceptors (Lipinski definition) is 5. The summed E-state index contributed by atoms with van der Waals surface area (Å²) >= 11 is 0. The van der Waals surface area contributed by atoms with Gasteiger partial charge in [0.05, 0.1) is 13.2 Å². The van der Waals surface area contributed by atoms with Crippen LogP contribution in [0.2, 0.25) is 0 Å². The van der Waals surface area contributed by atoms with Crippen LogP contribution in [-0.4, -0.2) is 55.5 Å². The number of morpholine rings is 1.